The van der Waals surface area contributed by atoms with Crippen LogP contribution in [0.1, 0.15) is 10.4 Å². The van der Waals surface area contributed by atoms with Crippen LogP contribution in [0.4, 0.5) is 0 Å². The first-order chi connectivity index (χ1) is 9.78. The molecule has 0 saturated carbocycles. The second-order valence-electron chi connectivity index (χ2n) is 4.29. The maximum Gasteiger partial charge on any atom is 0.191 e. The Morgan fingerprint density at radius 3 is 2.60 bits per heavy atom. The quantitative estimate of drug-likeness (QED) is 0.639. The monoisotopic (exact) mass is 351 g/mol. The zero-order chi connectivity index (χ0) is 14.2. The summed E-state index contributed by atoms with van der Waals surface area (Å²) in [5.41, 5.74) is 1.33. The fraction of sp³-hybridized carbons (Fsp3) is 0.267. The largest absolute Gasteiger partial charge is 0.356 e. The van der Waals surface area contributed by atoms with Gasteiger partial charge in [0.15, 0.2) is 5.96 Å². The molecule has 1 aromatic heterocycles. The van der Waals surface area contributed by atoms with Crippen LogP contribution in [-0.4, -0.2) is 19.6 Å². The predicted molar refractivity (Wildman–Crippen MR) is 90.4 cm³/mol. The molecule has 1 heterocycles. The van der Waals surface area contributed by atoms with Crippen molar-refractivity contribution in [2.75, 3.05) is 13.6 Å². The Balaban J connectivity index is 1.73. The summed E-state index contributed by atoms with van der Waals surface area (Å²) in [6, 6.07) is 14.6. The Kier molecular flexibility index (Phi) is 6.08. The molecule has 0 atom stereocenters. The molecule has 0 unspecified atom stereocenters. The second kappa shape index (κ2) is 8.07. The van der Waals surface area contributed by atoms with Crippen molar-refractivity contribution in [2.24, 2.45) is 4.99 Å². The maximum atomic E-state index is 4.23. The highest BCUT2D eigenvalue weighted by molar-refractivity contribution is 9.11. The number of aliphatic imine (C=N–C) groups is 1. The molecule has 0 aliphatic rings. The van der Waals surface area contributed by atoms with Gasteiger partial charge in [-0.15, -0.1) is 11.3 Å². The molecule has 1 aromatic carbocycles. The first kappa shape index (κ1) is 15.1. The van der Waals surface area contributed by atoms with Gasteiger partial charge in [-0.2, -0.15) is 0 Å². The minimum absolute atomic E-state index is 0.793. The van der Waals surface area contributed by atoms with Crippen molar-refractivity contribution >= 4 is 33.2 Å². The van der Waals surface area contributed by atoms with Crippen LogP contribution < -0.4 is 10.6 Å². The lowest BCUT2D eigenvalue weighted by molar-refractivity contribution is 0.799. The van der Waals surface area contributed by atoms with Crippen molar-refractivity contribution in [1.82, 2.24) is 10.6 Å². The number of rotatable bonds is 5. The molecule has 2 aromatic rings. The average Bonchev–Trinajstić information content (AvgIpc) is 2.89. The summed E-state index contributed by atoms with van der Waals surface area (Å²) in [5.74, 6) is 0.838. The van der Waals surface area contributed by atoms with Crippen molar-refractivity contribution in [2.45, 2.75) is 13.0 Å². The van der Waals surface area contributed by atoms with Gasteiger partial charge < -0.3 is 10.6 Å². The number of guanidine groups is 1. The van der Waals surface area contributed by atoms with Gasteiger partial charge in [-0.3, -0.25) is 4.99 Å². The first-order valence-corrected chi connectivity index (χ1v) is 8.11. The van der Waals surface area contributed by atoms with E-state index < -0.39 is 0 Å². The molecule has 0 amide bonds. The minimum Gasteiger partial charge on any atom is -0.356 e. The van der Waals surface area contributed by atoms with Crippen molar-refractivity contribution in [3.63, 3.8) is 0 Å². The normalized spacial score (nSPS) is 11.4. The highest BCUT2D eigenvalue weighted by atomic mass is 79.9. The molecule has 0 saturated heterocycles. The fourth-order valence-corrected chi connectivity index (χ4v) is 3.23. The lowest BCUT2D eigenvalue weighted by atomic mass is 10.1. The summed E-state index contributed by atoms with van der Waals surface area (Å²) in [6.07, 6.45) is 0.992. The summed E-state index contributed by atoms with van der Waals surface area (Å²) < 4.78 is 1.15. The molecular weight excluding hydrogens is 334 g/mol. The molecule has 0 aliphatic carbocycles. The Hall–Kier alpha value is -1.33. The standard InChI is InChI=1S/C15H18BrN3S/c1-17-15(19-11-13-7-8-14(16)20-13)18-10-9-12-5-3-2-4-6-12/h2-8H,9-11H2,1H3,(H2,17,18,19). The molecule has 0 bridgehead atoms. The first-order valence-electron chi connectivity index (χ1n) is 6.50. The van der Waals surface area contributed by atoms with E-state index in [4.69, 9.17) is 0 Å². The topological polar surface area (TPSA) is 36.4 Å². The van der Waals surface area contributed by atoms with Gasteiger partial charge in [0.1, 0.15) is 0 Å². The van der Waals surface area contributed by atoms with E-state index in [0.29, 0.717) is 0 Å². The summed E-state index contributed by atoms with van der Waals surface area (Å²) in [6.45, 7) is 1.67. The predicted octanol–water partition coefficient (Wildman–Crippen LogP) is 3.42. The van der Waals surface area contributed by atoms with E-state index in [1.807, 2.05) is 6.07 Å². The lowest BCUT2D eigenvalue weighted by Gasteiger charge is -2.11. The van der Waals surface area contributed by atoms with Gasteiger partial charge in [0, 0.05) is 18.5 Å². The molecule has 2 rings (SSSR count). The third-order valence-corrected chi connectivity index (χ3v) is 4.46. The molecule has 3 nitrogen and oxygen atoms in total. The number of thiophene rings is 1. The Morgan fingerprint density at radius 1 is 1.15 bits per heavy atom. The van der Waals surface area contributed by atoms with E-state index in [9.17, 15) is 0 Å². The number of benzene rings is 1. The molecule has 0 fully saturated rings. The van der Waals surface area contributed by atoms with Crippen LogP contribution in [0.3, 0.4) is 0 Å². The van der Waals surface area contributed by atoms with E-state index in [-0.39, 0.29) is 0 Å². The van der Waals surface area contributed by atoms with Crippen LogP contribution in [0.15, 0.2) is 51.2 Å². The Morgan fingerprint density at radius 2 is 1.95 bits per heavy atom. The number of nitrogens with one attached hydrogen (secondary N) is 2. The number of hydrogen-bond acceptors (Lipinski definition) is 2. The molecule has 0 spiro atoms. The Labute approximate surface area is 132 Å². The highest BCUT2D eigenvalue weighted by Gasteiger charge is 2.00. The third kappa shape index (κ3) is 4.98. The lowest BCUT2D eigenvalue weighted by Crippen LogP contribution is -2.37. The fourth-order valence-electron chi connectivity index (χ4n) is 1.81. The molecule has 2 N–H and O–H groups in total. The van der Waals surface area contributed by atoms with Gasteiger partial charge in [-0.1, -0.05) is 30.3 Å². The number of hydrogen-bond donors (Lipinski definition) is 2. The van der Waals surface area contributed by atoms with Gasteiger partial charge in [-0.25, -0.2) is 0 Å². The van der Waals surface area contributed by atoms with Gasteiger partial charge in [0.05, 0.1) is 10.3 Å². The zero-order valence-corrected chi connectivity index (χ0v) is 13.8. The third-order valence-electron chi connectivity index (χ3n) is 2.83. The minimum atomic E-state index is 0.793. The zero-order valence-electron chi connectivity index (χ0n) is 11.4. The SMILES string of the molecule is CN=C(NCCc1ccccc1)NCc1ccc(Br)s1. The van der Waals surface area contributed by atoms with Crippen LogP contribution >= 0.6 is 27.3 Å². The van der Waals surface area contributed by atoms with Gasteiger partial charge in [0.25, 0.3) is 0 Å². The maximum absolute atomic E-state index is 4.23. The van der Waals surface area contributed by atoms with Crippen LogP contribution in [0.2, 0.25) is 0 Å². The summed E-state index contributed by atoms with van der Waals surface area (Å²) in [7, 11) is 1.79. The Bertz CT molecular complexity index is 551. The van der Waals surface area contributed by atoms with Crippen molar-refractivity contribution < 1.29 is 0 Å². The van der Waals surface area contributed by atoms with Crippen molar-refractivity contribution in [3.8, 4) is 0 Å². The summed E-state index contributed by atoms with van der Waals surface area (Å²) in [4.78, 5) is 5.51. The van der Waals surface area contributed by atoms with E-state index in [1.165, 1.54) is 10.4 Å². The molecule has 0 radical (unpaired) electrons. The highest BCUT2D eigenvalue weighted by Crippen LogP contribution is 2.21. The van der Waals surface area contributed by atoms with Gasteiger partial charge in [-0.05, 0) is 40.0 Å². The summed E-state index contributed by atoms with van der Waals surface area (Å²) in [5, 5.41) is 6.64. The van der Waals surface area contributed by atoms with Crippen molar-refractivity contribution in [1.29, 1.82) is 0 Å². The van der Waals surface area contributed by atoms with Crippen LogP contribution in [-0.2, 0) is 13.0 Å². The smallest absolute Gasteiger partial charge is 0.191 e. The second-order valence-corrected chi connectivity index (χ2v) is 6.84. The van der Waals surface area contributed by atoms with Crippen LogP contribution in [0.25, 0.3) is 0 Å². The molecule has 20 heavy (non-hydrogen) atoms. The van der Waals surface area contributed by atoms with E-state index in [1.54, 1.807) is 18.4 Å². The molecule has 106 valence electrons. The molecule has 0 aliphatic heterocycles. The summed E-state index contributed by atoms with van der Waals surface area (Å²) >= 11 is 5.20. The van der Waals surface area contributed by atoms with Gasteiger partial charge >= 0.3 is 0 Å². The van der Waals surface area contributed by atoms with Crippen LogP contribution in [0.5, 0.6) is 0 Å². The molecular formula is C15H18BrN3S. The van der Waals surface area contributed by atoms with Crippen molar-refractivity contribution in [3.05, 3.63) is 56.7 Å². The number of nitrogens with zero attached hydrogens (tertiary/aromatic N) is 1. The number of halogens is 1. The molecule has 5 heteroatoms. The van der Waals surface area contributed by atoms with E-state index in [0.717, 1.165) is 29.3 Å². The van der Waals surface area contributed by atoms with E-state index >= 15 is 0 Å². The van der Waals surface area contributed by atoms with E-state index in [2.05, 4.69) is 68.0 Å². The van der Waals surface area contributed by atoms with Gasteiger partial charge in [0.2, 0.25) is 0 Å². The average molecular weight is 352 g/mol. The van der Waals surface area contributed by atoms with Crippen LogP contribution in [0, 0.1) is 0 Å².